The molecule has 0 saturated carbocycles. The fraction of sp³-hybridized carbons (Fsp3) is 0.533. The number of methoxy groups -OCH3 is 1. The number of carbonyl (C=O) groups excluding carboxylic acids is 1. The van der Waals surface area contributed by atoms with Gasteiger partial charge in [0.15, 0.2) is 0 Å². The number of halogens is 2. The first-order valence-electron chi connectivity index (χ1n) is 7.19. The molecule has 2 aliphatic rings. The molecule has 5 nitrogen and oxygen atoms in total. The van der Waals surface area contributed by atoms with Crippen molar-refractivity contribution in [3.63, 3.8) is 0 Å². The van der Waals surface area contributed by atoms with Crippen LogP contribution < -0.4 is 10.1 Å². The highest BCUT2D eigenvalue weighted by atomic mass is 35.5. The summed E-state index contributed by atoms with van der Waals surface area (Å²) in [6.07, 6.45) is 0. The molecule has 2 heterocycles. The lowest BCUT2D eigenvalue weighted by Gasteiger charge is -2.28. The van der Waals surface area contributed by atoms with Crippen LogP contribution in [0.3, 0.4) is 0 Å². The summed E-state index contributed by atoms with van der Waals surface area (Å²) < 4.78 is 10.9. The molecule has 0 aliphatic carbocycles. The van der Waals surface area contributed by atoms with Crippen molar-refractivity contribution in [2.75, 3.05) is 33.4 Å². The molecule has 0 aromatic heterocycles. The Bertz CT molecular complexity index is 582. The van der Waals surface area contributed by atoms with Crippen LogP contribution in [0.2, 0.25) is 10.0 Å². The highest BCUT2D eigenvalue weighted by Crippen LogP contribution is 2.33. The first kappa shape index (κ1) is 15.9. The van der Waals surface area contributed by atoms with Gasteiger partial charge in [0, 0.05) is 30.2 Å². The molecule has 1 aromatic carbocycles. The molecule has 2 atom stereocenters. The van der Waals surface area contributed by atoms with Gasteiger partial charge in [-0.3, -0.25) is 9.69 Å². The fourth-order valence-corrected chi connectivity index (χ4v) is 3.66. The van der Waals surface area contributed by atoms with E-state index in [0.717, 1.165) is 12.1 Å². The molecule has 2 fully saturated rings. The Hall–Kier alpha value is -1.01. The number of benzene rings is 1. The van der Waals surface area contributed by atoms with E-state index in [2.05, 4.69) is 10.2 Å². The van der Waals surface area contributed by atoms with Crippen molar-refractivity contribution in [3.8, 4) is 5.75 Å². The lowest BCUT2D eigenvalue weighted by Crippen LogP contribution is -2.41. The van der Waals surface area contributed by atoms with Gasteiger partial charge in [-0.25, -0.2) is 0 Å². The fourth-order valence-electron chi connectivity index (χ4n) is 3.05. The second kappa shape index (κ2) is 6.62. The predicted octanol–water partition coefficient (Wildman–Crippen LogP) is 1.95. The van der Waals surface area contributed by atoms with Crippen molar-refractivity contribution < 1.29 is 14.3 Å². The molecule has 7 heteroatoms. The van der Waals surface area contributed by atoms with E-state index in [1.54, 1.807) is 13.2 Å². The smallest absolute Gasteiger partial charge is 0.227 e. The van der Waals surface area contributed by atoms with Gasteiger partial charge in [-0.1, -0.05) is 23.2 Å². The third-order valence-corrected chi connectivity index (χ3v) is 4.49. The van der Waals surface area contributed by atoms with Gasteiger partial charge in [0.2, 0.25) is 5.91 Å². The van der Waals surface area contributed by atoms with E-state index in [1.807, 2.05) is 6.07 Å². The minimum absolute atomic E-state index is 0.0145. The summed E-state index contributed by atoms with van der Waals surface area (Å²) in [5.74, 6) is 0.560. The third kappa shape index (κ3) is 3.33. The van der Waals surface area contributed by atoms with Crippen LogP contribution in [0, 0.1) is 5.92 Å². The van der Waals surface area contributed by atoms with Gasteiger partial charge in [0.1, 0.15) is 5.75 Å². The van der Waals surface area contributed by atoms with Crippen LogP contribution >= 0.6 is 23.2 Å². The van der Waals surface area contributed by atoms with Crippen molar-refractivity contribution in [3.05, 3.63) is 27.7 Å². The Morgan fingerprint density at radius 2 is 2.18 bits per heavy atom. The maximum absolute atomic E-state index is 12.0. The van der Waals surface area contributed by atoms with Gasteiger partial charge in [0.05, 0.1) is 37.3 Å². The quantitative estimate of drug-likeness (QED) is 0.910. The highest BCUT2D eigenvalue weighted by molar-refractivity contribution is 6.35. The molecule has 0 spiro atoms. The molecule has 0 radical (unpaired) electrons. The predicted molar refractivity (Wildman–Crippen MR) is 84.5 cm³/mol. The van der Waals surface area contributed by atoms with E-state index in [4.69, 9.17) is 32.7 Å². The van der Waals surface area contributed by atoms with Crippen LogP contribution in [0.15, 0.2) is 12.1 Å². The summed E-state index contributed by atoms with van der Waals surface area (Å²) in [5, 5.41) is 4.09. The van der Waals surface area contributed by atoms with E-state index in [-0.39, 0.29) is 17.9 Å². The van der Waals surface area contributed by atoms with Crippen LogP contribution in [0.4, 0.5) is 0 Å². The zero-order valence-corrected chi connectivity index (χ0v) is 13.8. The van der Waals surface area contributed by atoms with Crippen LogP contribution in [-0.4, -0.2) is 50.3 Å². The third-order valence-electron chi connectivity index (χ3n) is 4.00. The molecule has 22 heavy (non-hydrogen) atoms. The average molecular weight is 345 g/mol. The number of nitrogens with zero attached hydrogens (tertiary/aromatic N) is 1. The minimum atomic E-state index is -0.145. The standard InChI is InChI=1S/C15H18Cl2N2O3/c1-21-14-9(2-11(16)3-13(14)17)4-19-5-10-7-22-8-12(6-19)18-15(10)20/h2-3,10,12H,4-8H2,1H3,(H,18,20)/t10-,12+/m1/s1. The molecular formula is C15H18Cl2N2O3. The maximum atomic E-state index is 12.0. The molecule has 3 rings (SSSR count). The zero-order valence-electron chi connectivity index (χ0n) is 12.3. The van der Waals surface area contributed by atoms with E-state index in [1.165, 1.54) is 0 Å². The van der Waals surface area contributed by atoms with Crippen molar-refractivity contribution in [2.24, 2.45) is 5.92 Å². The van der Waals surface area contributed by atoms with Crippen LogP contribution in [0.5, 0.6) is 5.75 Å². The highest BCUT2D eigenvalue weighted by Gasteiger charge is 2.33. The van der Waals surface area contributed by atoms with Crippen molar-refractivity contribution >= 4 is 29.1 Å². The van der Waals surface area contributed by atoms with E-state index < -0.39 is 0 Å². The topological polar surface area (TPSA) is 50.8 Å². The lowest BCUT2D eigenvalue weighted by atomic mass is 10.1. The number of carbonyl (C=O) groups is 1. The van der Waals surface area contributed by atoms with Gasteiger partial charge in [-0.05, 0) is 12.1 Å². The second-order valence-electron chi connectivity index (χ2n) is 5.71. The number of hydrogen-bond acceptors (Lipinski definition) is 4. The molecule has 0 unspecified atom stereocenters. The van der Waals surface area contributed by atoms with Gasteiger partial charge < -0.3 is 14.8 Å². The van der Waals surface area contributed by atoms with Crippen LogP contribution in [0.25, 0.3) is 0 Å². The summed E-state index contributed by atoms with van der Waals surface area (Å²) >= 11 is 12.3. The molecule has 1 N–H and O–H groups in total. The SMILES string of the molecule is COc1c(Cl)cc(Cl)cc1CN1C[C@H]2COC[C@@H](C1)C(=O)N2. The summed E-state index contributed by atoms with van der Waals surface area (Å²) in [7, 11) is 1.59. The monoisotopic (exact) mass is 344 g/mol. The normalized spacial score (nSPS) is 25.5. The van der Waals surface area contributed by atoms with Gasteiger partial charge in [-0.2, -0.15) is 0 Å². The van der Waals surface area contributed by atoms with Gasteiger partial charge in [0.25, 0.3) is 0 Å². The van der Waals surface area contributed by atoms with E-state index in [9.17, 15) is 4.79 Å². The Kier molecular flexibility index (Phi) is 4.78. The Balaban J connectivity index is 1.83. The lowest BCUT2D eigenvalue weighted by molar-refractivity contribution is -0.125. The second-order valence-corrected chi connectivity index (χ2v) is 6.56. The van der Waals surface area contributed by atoms with Crippen LogP contribution in [-0.2, 0) is 16.1 Å². The number of fused-ring (bicyclic) bond motifs is 3. The Morgan fingerprint density at radius 1 is 1.36 bits per heavy atom. The molecule has 1 aromatic rings. The number of rotatable bonds is 3. The van der Waals surface area contributed by atoms with E-state index >= 15 is 0 Å². The number of hydrogen-bond donors (Lipinski definition) is 1. The van der Waals surface area contributed by atoms with Crippen molar-refractivity contribution in [1.29, 1.82) is 0 Å². The average Bonchev–Trinajstić information content (AvgIpc) is 2.67. The minimum Gasteiger partial charge on any atom is -0.495 e. The molecule has 1 amide bonds. The summed E-state index contributed by atoms with van der Waals surface area (Å²) in [4.78, 5) is 14.3. The Morgan fingerprint density at radius 3 is 2.95 bits per heavy atom. The zero-order chi connectivity index (χ0) is 15.7. The summed E-state index contributed by atoms with van der Waals surface area (Å²) in [6.45, 7) is 3.02. The van der Waals surface area contributed by atoms with Crippen LogP contribution in [0.1, 0.15) is 5.56 Å². The van der Waals surface area contributed by atoms with E-state index in [0.29, 0.717) is 42.1 Å². The summed E-state index contributed by atoms with van der Waals surface area (Å²) in [5.41, 5.74) is 0.924. The first-order chi connectivity index (χ1) is 10.6. The number of nitrogens with one attached hydrogen (secondary N) is 1. The molecule has 120 valence electrons. The molecule has 2 saturated heterocycles. The Labute approximate surface area is 139 Å². The molecular weight excluding hydrogens is 327 g/mol. The number of ether oxygens (including phenoxy) is 2. The molecule has 2 aliphatic heterocycles. The maximum Gasteiger partial charge on any atom is 0.227 e. The largest absolute Gasteiger partial charge is 0.495 e. The molecule has 2 bridgehead atoms. The van der Waals surface area contributed by atoms with Gasteiger partial charge >= 0.3 is 0 Å². The number of amides is 1. The summed E-state index contributed by atoms with van der Waals surface area (Å²) in [6, 6.07) is 3.54. The van der Waals surface area contributed by atoms with Crippen molar-refractivity contribution in [2.45, 2.75) is 12.6 Å². The van der Waals surface area contributed by atoms with Gasteiger partial charge in [-0.15, -0.1) is 0 Å². The first-order valence-corrected chi connectivity index (χ1v) is 7.95. The van der Waals surface area contributed by atoms with Crippen molar-refractivity contribution in [1.82, 2.24) is 10.2 Å².